The number of carbonyl (C=O) groups is 1. The number of benzene rings is 2. The van der Waals surface area contributed by atoms with Gasteiger partial charge in [-0.2, -0.15) is 0 Å². The van der Waals surface area contributed by atoms with Crippen molar-refractivity contribution in [1.82, 2.24) is 0 Å². The summed E-state index contributed by atoms with van der Waals surface area (Å²) in [6.45, 7) is 0. The van der Waals surface area contributed by atoms with Crippen molar-refractivity contribution in [1.29, 1.82) is 0 Å². The molecule has 104 valence electrons. The Labute approximate surface area is 120 Å². The molecule has 0 aromatic heterocycles. The molecule has 2 aromatic carbocycles. The van der Waals surface area contributed by atoms with E-state index < -0.39 is 29.0 Å². The molecule has 0 aliphatic rings. The number of nitrogen functional groups attached to an aromatic ring is 1. The average Bonchev–Trinajstić information content (AvgIpc) is 2.39. The molecule has 0 radical (unpaired) electrons. The van der Waals surface area contributed by atoms with E-state index in [9.17, 15) is 18.0 Å². The maximum Gasteiger partial charge on any atom is 0.255 e. The van der Waals surface area contributed by atoms with E-state index in [2.05, 4.69) is 21.2 Å². The smallest absolute Gasteiger partial charge is 0.255 e. The summed E-state index contributed by atoms with van der Waals surface area (Å²) in [6.07, 6.45) is 0. The molecule has 3 N–H and O–H groups in total. The van der Waals surface area contributed by atoms with Crippen LogP contribution in [0, 0.1) is 17.5 Å². The highest BCUT2D eigenvalue weighted by atomic mass is 79.9. The fourth-order valence-electron chi connectivity index (χ4n) is 1.50. The van der Waals surface area contributed by atoms with Crippen LogP contribution in [-0.2, 0) is 0 Å². The number of carbonyl (C=O) groups excluding carboxylic acids is 1. The Balaban J connectivity index is 2.31. The van der Waals surface area contributed by atoms with Crippen molar-refractivity contribution in [2.24, 2.45) is 0 Å². The van der Waals surface area contributed by atoms with E-state index in [-0.39, 0.29) is 11.3 Å². The van der Waals surface area contributed by atoms with E-state index in [1.54, 1.807) is 0 Å². The maximum absolute atomic E-state index is 13.5. The number of nitrogens with two attached hydrogens (primary N) is 1. The molecular formula is C13H8BrF3N2O. The summed E-state index contributed by atoms with van der Waals surface area (Å²) >= 11 is 3.12. The fourth-order valence-corrected chi connectivity index (χ4v) is 1.86. The van der Waals surface area contributed by atoms with Crippen LogP contribution in [0.2, 0.25) is 0 Å². The molecule has 0 bridgehead atoms. The van der Waals surface area contributed by atoms with Gasteiger partial charge in [0.05, 0.1) is 5.69 Å². The number of anilines is 2. The zero-order valence-corrected chi connectivity index (χ0v) is 11.5. The second-order valence-corrected chi connectivity index (χ2v) is 4.85. The summed E-state index contributed by atoms with van der Waals surface area (Å²) in [7, 11) is 0. The van der Waals surface area contributed by atoms with Crippen LogP contribution >= 0.6 is 15.9 Å². The summed E-state index contributed by atoms with van der Waals surface area (Å²) in [5.74, 6) is -3.62. The number of rotatable bonds is 2. The molecule has 0 atom stereocenters. The van der Waals surface area contributed by atoms with Gasteiger partial charge in [0.15, 0.2) is 0 Å². The van der Waals surface area contributed by atoms with Crippen LogP contribution < -0.4 is 11.1 Å². The van der Waals surface area contributed by atoms with E-state index in [1.807, 2.05) is 0 Å². The third-order valence-electron chi connectivity index (χ3n) is 2.52. The lowest BCUT2D eigenvalue weighted by Crippen LogP contribution is -2.14. The van der Waals surface area contributed by atoms with Gasteiger partial charge in [-0.1, -0.05) is 15.9 Å². The standard InChI is InChI=1S/C13H8BrF3N2O/c14-7-1-2-8(15)11(5-7)19-13(20)6-3-9(16)12(18)10(17)4-6/h1-5H,18H2,(H,19,20). The van der Waals surface area contributed by atoms with E-state index in [0.717, 1.165) is 18.2 Å². The van der Waals surface area contributed by atoms with Crippen LogP contribution in [0.1, 0.15) is 10.4 Å². The predicted molar refractivity (Wildman–Crippen MR) is 72.8 cm³/mol. The molecule has 0 saturated heterocycles. The molecule has 0 aliphatic heterocycles. The van der Waals surface area contributed by atoms with Gasteiger partial charge in [-0.15, -0.1) is 0 Å². The first-order valence-corrected chi connectivity index (χ1v) is 6.18. The summed E-state index contributed by atoms with van der Waals surface area (Å²) in [4.78, 5) is 11.8. The minimum atomic E-state index is -1.05. The summed E-state index contributed by atoms with van der Waals surface area (Å²) < 4.78 is 40.5. The van der Waals surface area contributed by atoms with Gasteiger partial charge in [-0.25, -0.2) is 13.2 Å². The molecule has 0 heterocycles. The van der Waals surface area contributed by atoms with E-state index in [4.69, 9.17) is 5.73 Å². The maximum atomic E-state index is 13.5. The zero-order chi connectivity index (χ0) is 14.9. The van der Waals surface area contributed by atoms with Crippen LogP contribution in [0.25, 0.3) is 0 Å². The van der Waals surface area contributed by atoms with Crippen LogP contribution in [0.4, 0.5) is 24.5 Å². The lowest BCUT2D eigenvalue weighted by atomic mass is 10.1. The lowest BCUT2D eigenvalue weighted by molar-refractivity contribution is 0.102. The monoisotopic (exact) mass is 344 g/mol. The SMILES string of the molecule is Nc1c(F)cc(C(=O)Nc2cc(Br)ccc2F)cc1F. The van der Waals surface area contributed by atoms with Gasteiger partial charge >= 0.3 is 0 Å². The first-order chi connectivity index (χ1) is 9.38. The van der Waals surface area contributed by atoms with Crippen molar-refractivity contribution in [3.05, 3.63) is 57.8 Å². The second-order valence-electron chi connectivity index (χ2n) is 3.93. The Hall–Kier alpha value is -2.02. The van der Waals surface area contributed by atoms with E-state index >= 15 is 0 Å². The Morgan fingerprint density at radius 1 is 1.05 bits per heavy atom. The Morgan fingerprint density at radius 3 is 2.25 bits per heavy atom. The van der Waals surface area contributed by atoms with Crippen molar-refractivity contribution < 1.29 is 18.0 Å². The molecule has 0 fully saturated rings. The van der Waals surface area contributed by atoms with Gasteiger partial charge in [0.2, 0.25) is 0 Å². The van der Waals surface area contributed by atoms with E-state index in [0.29, 0.717) is 4.47 Å². The molecule has 2 rings (SSSR count). The summed E-state index contributed by atoms with van der Waals surface area (Å²) in [5.41, 5.74) is 4.02. The Morgan fingerprint density at radius 2 is 1.65 bits per heavy atom. The molecule has 0 aliphatic carbocycles. The number of hydrogen-bond donors (Lipinski definition) is 2. The molecule has 2 aromatic rings. The third kappa shape index (κ3) is 2.93. The normalized spacial score (nSPS) is 10.4. The molecular weight excluding hydrogens is 337 g/mol. The van der Waals surface area contributed by atoms with Gasteiger partial charge in [0, 0.05) is 10.0 Å². The molecule has 0 saturated carbocycles. The predicted octanol–water partition coefficient (Wildman–Crippen LogP) is 3.70. The fraction of sp³-hybridized carbons (Fsp3) is 0. The summed E-state index contributed by atoms with van der Waals surface area (Å²) in [6, 6.07) is 5.49. The highest BCUT2D eigenvalue weighted by molar-refractivity contribution is 9.10. The first-order valence-electron chi connectivity index (χ1n) is 5.39. The van der Waals surface area contributed by atoms with Crippen LogP contribution in [-0.4, -0.2) is 5.91 Å². The average molecular weight is 345 g/mol. The highest BCUT2D eigenvalue weighted by Crippen LogP contribution is 2.22. The number of hydrogen-bond acceptors (Lipinski definition) is 2. The van der Waals surface area contributed by atoms with Crippen molar-refractivity contribution in [3.63, 3.8) is 0 Å². The molecule has 3 nitrogen and oxygen atoms in total. The highest BCUT2D eigenvalue weighted by Gasteiger charge is 2.14. The minimum absolute atomic E-state index is 0.109. The van der Waals surface area contributed by atoms with E-state index in [1.165, 1.54) is 12.1 Å². The molecule has 0 spiro atoms. The molecule has 20 heavy (non-hydrogen) atoms. The van der Waals surface area contributed by atoms with Gasteiger partial charge in [0.25, 0.3) is 5.91 Å². The van der Waals surface area contributed by atoms with Gasteiger partial charge < -0.3 is 11.1 Å². The minimum Gasteiger partial charge on any atom is -0.394 e. The Kier molecular flexibility index (Phi) is 3.99. The van der Waals surface area contributed by atoms with Gasteiger partial charge in [-0.05, 0) is 30.3 Å². The second kappa shape index (κ2) is 5.54. The van der Waals surface area contributed by atoms with Crippen molar-refractivity contribution in [3.8, 4) is 0 Å². The zero-order valence-electron chi connectivity index (χ0n) is 9.88. The number of amides is 1. The number of nitrogens with one attached hydrogen (secondary N) is 1. The molecule has 7 heteroatoms. The van der Waals surface area contributed by atoms with Gasteiger partial charge in [-0.3, -0.25) is 4.79 Å². The van der Waals surface area contributed by atoms with Crippen molar-refractivity contribution in [2.75, 3.05) is 11.1 Å². The largest absolute Gasteiger partial charge is 0.394 e. The third-order valence-corrected chi connectivity index (χ3v) is 3.01. The van der Waals surface area contributed by atoms with Crippen molar-refractivity contribution in [2.45, 2.75) is 0 Å². The first kappa shape index (κ1) is 14.4. The lowest BCUT2D eigenvalue weighted by Gasteiger charge is -2.08. The molecule has 1 amide bonds. The van der Waals surface area contributed by atoms with Crippen LogP contribution in [0.15, 0.2) is 34.8 Å². The molecule has 0 unspecified atom stereocenters. The summed E-state index contributed by atoms with van der Waals surface area (Å²) in [5, 5.41) is 2.22. The van der Waals surface area contributed by atoms with Gasteiger partial charge in [0.1, 0.15) is 23.1 Å². The Bertz CT molecular complexity index is 668. The van der Waals surface area contributed by atoms with Crippen LogP contribution in [0.5, 0.6) is 0 Å². The topological polar surface area (TPSA) is 55.1 Å². The van der Waals surface area contributed by atoms with Crippen molar-refractivity contribution >= 4 is 33.2 Å². The quantitative estimate of drug-likeness (QED) is 0.816. The number of halogens is 4. The van der Waals surface area contributed by atoms with Crippen LogP contribution in [0.3, 0.4) is 0 Å².